The fourth-order valence-electron chi connectivity index (χ4n) is 3.55. The molecule has 1 fully saturated rings. The number of carbonyl (C=O) groups is 2. The van der Waals surface area contributed by atoms with Crippen LogP contribution in [0.2, 0.25) is 0 Å². The lowest BCUT2D eigenvalue weighted by Gasteiger charge is -2.38. The molecule has 5 nitrogen and oxygen atoms in total. The predicted octanol–water partition coefficient (Wildman–Crippen LogP) is 3.20. The van der Waals surface area contributed by atoms with Crippen LogP contribution in [-0.2, 0) is 16.1 Å². The third-order valence-electron chi connectivity index (χ3n) is 5.12. The molecule has 1 heterocycles. The molecule has 0 spiro atoms. The number of rotatable bonds is 5. The molecule has 0 aromatic heterocycles. The summed E-state index contributed by atoms with van der Waals surface area (Å²) in [6, 6.07) is 10.0. The summed E-state index contributed by atoms with van der Waals surface area (Å²) in [5.74, 6) is -1.47. The zero-order chi connectivity index (χ0) is 20.3. The molecule has 2 aromatic carbocycles. The van der Waals surface area contributed by atoms with Crippen LogP contribution in [0.1, 0.15) is 30.0 Å². The Morgan fingerprint density at radius 2 is 1.93 bits per heavy atom. The predicted molar refractivity (Wildman–Crippen MR) is 99.4 cm³/mol. The highest BCUT2D eigenvalue weighted by molar-refractivity contribution is 5.84. The zero-order valence-corrected chi connectivity index (χ0v) is 15.7. The van der Waals surface area contributed by atoms with Crippen LogP contribution >= 0.6 is 0 Å². The van der Waals surface area contributed by atoms with Crippen LogP contribution in [0.5, 0.6) is 5.75 Å². The Bertz CT molecular complexity index is 870. The monoisotopic (exact) mass is 388 g/mol. The van der Waals surface area contributed by atoms with Gasteiger partial charge in [-0.05, 0) is 30.2 Å². The van der Waals surface area contributed by atoms with Gasteiger partial charge >= 0.3 is 0 Å². The zero-order valence-electron chi connectivity index (χ0n) is 15.7. The number of methoxy groups -OCH3 is 1. The van der Waals surface area contributed by atoms with Crippen LogP contribution < -0.4 is 10.1 Å². The summed E-state index contributed by atoms with van der Waals surface area (Å²) >= 11 is 0. The van der Waals surface area contributed by atoms with Gasteiger partial charge in [-0.3, -0.25) is 9.59 Å². The van der Waals surface area contributed by atoms with Gasteiger partial charge in [0.2, 0.25) is 11.8 Å². The topological polar surface area (TPSA) is 58.6 Å². The van der Waals surface area contributed by atoms with Gasteiger partial charge in [0.25, 0.3) is 0 Å². The number of nitrogens with zero attached hydrogens (tertiary/aromatic N) is 1. The van der Waals surface area contributed by atoms with E-state index in [0.717, 1.165) is 17.7 Å². The fourth-order valence-corrected chi connectivity index (χ4v) is 3.55. The lowest BCUT2D eigenvalue weighted by molar-refractivity contribution is -0.141. The number of halogens is 2. The van der Waals surface area contributed by atoms with Crippen LogP contribution in [0.4, 0.5) is 8.78 Å². The summed E-state index contributed by atoms with van der Waals surface area (Å²) in [4.78, 5) is 26.6. The Kier molecular flexibility index (Phi) is 5.92. The fraction of sp³-hybridized carbons (Fsp3) is 0.333. The van der Waals surface area contributed by atoms with Gasteiger partial charge in [-0.15, -0.1) is 0 Å². The van der Waals surface area contributed by atoms with E-state index in [1.165, 1.54) is 6.07 Å². The molecule has 2 amide bonds. The first-order chi connectivity index (χ1) is 13.4. The number of carbonyl (C=O) groups excluding carboxylic acids is 2. The average Bonchev–Trinajstić information content (AvgIpc) is 2.69. The highest BCUT2D eigenvalue weighted by Gasteiger charge is 2.38. The Morgan fingerprint density at radius 1 is 1.21 bits per heavy atom. The van der Waals surface area contributed by atoms with Crippen LogP contribution in [0, 0.1) is 17.6 Å². The molecule has 28 heavy (non-hydrogen) atoms. The van der Waals surface area contributed by atoms with Crippen molar-refractivity contribution in [3.05, 3.63) is 65.2 Å². The van der Waals surface area contributed by atoms with Gasteiger partial charge in [0.1, 0.15) is 17.4 Å². The SMILES string of the molecule is COc1ccc(C2C(C(=O)NCc3ccc(F)cc3F)CCC(=O)N2C)cc1. The van der Waals surface area contributed by atoms with E-state index in [0.29, 0.717) is 12.2 Å². The first-order valence-electron chi connectivity index (χ1n) is 9.02. The molecule has 2 unspecified atom stereocenters. The molecule has 0 radical (unpaired) electrons. The van der Waals surface area contributed by atoms with Gasteiger partial charge in [-0.2, -0.15) is 0 Å². The lowest BCUT2D eigenvalue weighted by Crippen LogP contribution is -2.46. The van der Waals surface area contributed by atoms with Crippen LogP contribution in [0.3, 0.4) is 0 Å². The number of amides is 2. The molecular formula is C21H22F2N2O3. The number of piperidine rings is 1. The van der Waals surface area contributed by atoms with E-state index in [4.69, 9.17) is 4.74 Å². The summed E-state index contributed by atoms with van der Waals surface area (Å²) in [5.41, 5.74) is 1.03. The molecule has 7 heteroatoms. The summed E-state index contributed by atoms with van der Waals surface area (Å²) in [6.07, 6.45) is 0.670. The highest BCUT2D eigenvalue weighted by Crippen LogP contribution is 2.36. The van der Waals surface area contributed by atoms with E-state index in [1.807, 2.05) is 12.1 Å². The van der Waals surface area contributed by atoms with E-state index in [9.17, 15) is 18.4 Å². The second-order valence-electron chi connectivity index (χ2n) is 6.82. The Balaban J connectivity index is 1.78. The summed E-state index contributed by atoms with van der Waals surface area (Å²) in [6.45, 7) is -0.0472. The van der Waals surface area contributed by atoms with Crippen molar-refractivity contribution in [2.75, 3.05) is 14.2 Å². The van der Waals surface area contributed by atoms with Crippen LogP contribution in [0.15, 0.2) is 42.5 Å². The standard InChI is InChI=1S/C21H22F2N2O3/c1-25-19(26)10-9-17(20(25)13-4-7-16(28-2)8-5-13)21(27)24-12-14-3-6-15(22)11-18(14)23/h3-8,11,17,20H,9-10,12H2,1-2H3,(H,24,27). The molecule has 0 bridgehead atoms. The van der Waals surface area contributed by atoms with Crippen molar-refractivity contribution in [2.45, 2.75) is 25.4 Å². The minimum atomic E-state index is -0.706. The summed E-state index contributed by atoms with van der Waals surface area (Å²) < 4.78 is 32.0. The first kappa shape index (κ1) is 19.8. The molecule has 1 aliphatic rings. The van der Waals surface area contributed by atoms with E-state index in [1.54, 1.807) is 31.2 Å². The normalized spacial score (nSPS) is 19.4. The van der Waals surface area contributed by atoms with Gasteiger partial charge in [0.05, 0.1) is 19.1 Å². The maximum Gasteiger partial charge on any atom is 0.225 e. The highest BCUT2D eigenvalue weighted by atomic mass is 19.1. The lowest BCUT2D eigenvalue weighted by atomic mass is 9.84. The van der Waals surface area contributed by atoms with E-state index in [2.05, 4.69) is 5.32 Å². The molecule has 0 aliphatic carbocycles. The third-order valence-corrected chi connectivity index (χ3v) is 5.12. The van der Waals surface area contributed by atoms with Crippen molar-refractivity contribution in [3.63, 3.8) is 0 Å². The van der Waals surface area contributed by atoms with Gasteiger partial charge in [0, 0.05) is 31.6 Å². The minimum absolute atomic E-state index is 0.0329. The van der Waals surface area contributed by atoms with Crippen molar-refractivity contribution >= 4 is 11.8 Å². The minimum Gasteiger partial charge on any atom is -0.497 e. The van der Waals surface area contributed by atoms with E-state index >= 15 is 0 Å². The Morgan fingerprint density at radius 3 is 2.57 bits per heavy atom. The first-order valence-corrected chi connectivity index (χ1v) is 9.02. The molecule has 0 saturated carbocycles. The number of likely N-dealkylation sites (tertiary alicyclic amines) is 1. The van der Waals surface area contributed by atoms with Crippen LogP contribution in [-0.4, -0.2) is 30.9 Å². The van der Waals surface area contributed by atoms with Crippen molar-refractivity contribution in [3.8, 4) is 5.75 Å². The van der Waals surface area contributed by atoms with Gasteiger partial charge in [0.15, 0.2) is 0 Å². The Labute approximate surface area is 162 Å². The number of nitrogens with one attached hydrogen (secondary N) is 1. The molecule has 1 N–H and O–H groups in total. The molecule has 1 saturated heterocycles. The second-order valence-corrected chi connectivity index (χ2v) is 6.82. The van der Waals surface area contributed by atoms with Gasteiger partial charge < -0.3 is 15.0 Å². The molecule has 148 valence electrons. The summed E-state index contributed by atoms with van der Waals surface area (Å²) in [5, 5.41) is 2.72. The summed E-state index contributed by atoms with van der Waals surface area (Å²) in [7, 11) is 3.24. The Hall–Kier alpha value is -2.96. The number of hydrogen-bond donors (Lipinski definition) is 1. The van der Waals surface area contributed by atoms with Crippen molar-refractivity contribution in [1.29, 1.82) is 0 Å². The maximum absolute atomic E-state index is 13.8. The van der Waals surface area contributed by atoms with E-state index < -0.39 is 23.6 Å². The second kappa shape index (κ2) is 8.37. The smallest absolute Gasteiger partial charge is 0.225 e. The van der Waals surface area contributed by atoms with Crippen molar-refractivity contribution in [2.24, 2.45) is 5.92 Å². The van der Waals surface area contributed by atoms with Crippen LogP contribution in [0.25, 0.3) is 0 Å². The third kappa shape index (κ3) is 4.13. The molecule has 3 rings (SSSR count). The molecule has 1 aliphatic heterocycles. The van der Waals surface area contributed by atoms with Crippen molar-refractivity contribution < 1.29 is 23.1 Å². The number of hydrogen-bond acceptors (Lipinski definition) is 3. The van der Waals surface area contributed by atoms with E-state index in [-0.39, 0.29) is 30.3 Å². The largest absolute Gasteiger partial charge is 0.497 e. The van der Waals surface area contributed by atoms with Gasteiger partial charge in [-0.1, -0.05) is 18.2 Å². The molecular weight excluding hydrogens is 366 g/mol. The van der Waals surface area contributed by atoms with Gasteiger partial charge in [-0.25, -0.2) is 8.78 Å². The maximum atomic E-state index is 13.8. The number of benzene rings is 2. The average molecular weight is 388 g/mol. The molecule has 2 aromatic rings. The molecule has 2 atom stereocenters. The van der Waals surface area contributed by atoms with Crippen molar-refractivity contribution in [1.82, 2.24) is 10.2 Å². The quantitative estimate of drug-likeness (QED) is 0.856. The number of ether oxygens (including phenoxy) is 1.